The largest absolute Gasteiger partial charge is 0.478 e. The van der Waals surface area contributed by atoms with Gasteiger partial charge >= 0.3 is 23.9 Å². The fourth-order valence-corrected chi connectivity index (χ4v) is 6.03. The highest BCUT2D eigenvalue weighted by atomic mass is 32.2. The van der Waals surface area contributed by atoms with Crippen LogP contribution in [-0.2, 0) is 20.0 Å². The molecule has 0 aliphatic rings. The van der Waals surface area contributed by atoms with Gasteiger partial charge in [0.25, 0.3) is 20.0 Å². The van der Waals surface area contributed by atoms with Crippen LogP contribution in [0, 0.1) is 0 Å². The van der Waals surface area contributed by atoms with Gasteiger partial charge in [0.05, 0.1) is 43.4 Å². The van der Waals surface area contributed by atoms with Gasteiger partial charge in [0.15, 0.2) is 0 Å². The molecule has 0 unspecified atom stereocenters. The molecule has 0 aromatic heterocycles. The minimum Gasteiger partial charge on any atom is -0.478 e. The summed E-state index contributed by atoms with van der Waals surface area (Å²) in [7, 11) is -8.53. The highest BCUT2D eigenvalue weighted by Gasteiger charge is 2.20. The molecule has 226 valence electrons. The number of anilines is 2. The summed E-state index contributed by atoms with van der Waals surface area (Å²) in [4.78, 5) is 44.8. The SMILES string of the molecule is O=C(O)c1cc(NS(=O)(=O)c2ccc(-c3ccc(S(=O)(=O)Nc4cc(C(=O)O)cc(C(=O)O)c4)cc3)cc2)cc(C(=O)O)c1. The standard InChI is InChI=1S/C28H20N2O12S2/c31-25(32)17-9-18(26(33)34)12-21(11-17)29-43(39,40)23-5-1-15(2-6-23)16-3-7-24(8-4-16)44(41,42)30-22-13-19(27(35)36)10-20(14-22)28(37)38/h1-14,29-30H,(H,31,32)(H,33,34)(H,35,36)(H,37,38). The molecule has 0 bridgehead atoms. The zero-order valence-electron chi connectivity index (χ0n) is 22.0. The van der Waals surface area contributed by atoms with Crippen molar-refractivity contribution in [3.05, 3.63) is 107 Å². The van der Waals surface area contributed by atoms with Crippen LogP contribution in [0.25, 0.3) is 11.1 Å². The van der Waals surface area contributed by atoms with Crippen molar-refractivity contribution in [3.63, 3.8) is 0 Å². The van der Waals surface area contributed by atoms with E-state index in [0.29, 0.717) is 11.1 Å². The maximum atomic E-state index is 12.9. The number of nitrogens with one attached hydrogen (secondary N) is 2. The topological polar surface area (TPSA) is 242 Å². The van der Waals surface area contributed by atoms with Gasteiger partial charge in [0, 0.05) is 0 Å². The first-order chi connectivity index (χ1) is 20.6. The number of sulfonamides is 2. The molecule has 0 spiro atoms. The Hall–Kier alpha value is -5.74. The molecule has 14 nitrogen and oxygen atoms in total. The van der Waals surface area contributed by atoms with Crippen molar-refractivity contribution in [2.75, 3.05) is 9.44 Å². The van der Waals surface area contributed by atoms with Crippen molar-refractivity contribution < 1.29 is 56.4 Å². The van der Waals surface area contributed by atoms with E-state index in [0.717, 1.165) is 36.4 Å². The van der Waals surface area contributed by atoms with Crippen molar-refractivity contribution in [1.82, 2.24) is 0 Å². The maximum absolute atomic E-state index is 12.9. The van der Waals surface area contributed by atoms with Gasteiger partial charge in [-0.2, -0.15) is 0 Å². The molecule has 0 amide bonds. The van der Waals surface area contributed by atoms with Gasteiger partial charge < -0.3 is 20.4 Å². The predicted octanol–water partition coefficient (Wildman–Crippen LogP) is 3.75. The molecule has 0 aliphatic heterocycles. The van der Waals surface area contributed by atoms with Crippen molar-refractivity contribution in [3.8, 4) is 11.1 Å². The fraction of sp³-hybridized carbons (Fsp3) is 0. The van der Waals surface area contributed by atoms with Crippen molar-refractivity contribution in [2.24, 2.45) is 0 Å². The smallest absolute Gasteiger partial charge is 0.335 e. The summed E-state index contributed by atoms with van der Waals surface area (Å²) in [5.41, 5.74) is -1.30. The van der Waals surface area contributed by atoms with Crippen LogP contribution in [0.1, 0.15) is 41.4 Å². The van der Waals surface area contributed by atoms with Gasteiger partial charge in [-0.05, 0) is 71.8 Å². The van der Waals surface area contributed by atoms with Gasteiger partial charge in [0.1, 0.15) is 0 Å². The minimum atomic E-state index is -4.27. The van der Waals surface area contributed by atoms with Crippen molar-refractivity contribution >= 4 is 55.3 Å². The average Bonchev–Trinajstić information content (AvgIpc) is 2.96. The van der Waals surface area contributed by atoms with E-state index >= 15 is 0 Å². The normalized spacial score (nSPS) is 11.4. The molecule has 0 radical (unpaired) electrons. The summed E-state index contributed by atoms with van der Waals surface area (Å²) in [5.74, 6) is -5.81. The van der Waals surface area contributed by atoms with E-state index in [9.17, 15) is 56.4 Å². The molecule has 0 aliphatic carbocycles. The lowest BCUT2D eigenvalue weighted by molar-refractivity contribution is 0.0676. The predicted molar refractivity (Wildman–Crippen MR) is 154 cm³/mol. The molecule has 0 atom stereocenters. The average molecular weight is 641 g/mol. The number of aromatic carboxylic acids is 4. The molecule has 0 saturated carbocycles. The van der Waals surface area contributed by atoms with Crippen LogP contribution in [-0.4, -0.2) is 61.1 Å². The molecule has 6 N–H and O–H groups in total. The third-order valence-electron chi connectivity index (χ3n) is 6.02. The lowest BCUT2D eigenvalue weighted by Crippen LogP contribution is -2.14. The van der Waals surface area contributed by atoms with Crippen LogP contribution < -0.4 is 9.44 Å². The van der Waals surface area contributed by atoms with E-state index in [4.69, 9.17) is 0 Å². The lowest BCUT2D eigenvalue weighted by Gasteiger charge is -2.12. The van der Waals surface area contributed by atoms with Gasteiger partial charge in [0.2, 0.25) is 0 Å². The second-order valence-corrected chi connectivity index (χ2v) is 12.4. The zero-order chi connectivity index (χ0) is 32.4. The van der Waals surface area contributed by atoms with Crippen LogP contribution in [0.15, 0.2) is 94.7 Å². The first kappa shape index (κ1) is 31.2. The Labute approximate surface area is 249 Å². The highest BCUT2D eigenvalue weighted by Crippen LogP contribution is 2.26. The summed E-state index contributed by atoms with van der Waals surface area (Å²) >= 11 is 0. The maximum Gasteiger partial charge on any atom is 0.335 e. The van der Waals surface area contributed by atoms with Gasteiger partial charge in [-0.1, -0.05) is 24.3 Å². The quantitative estimate of drug-likeness (QED) is 0.137. The first-order valence-electron chi connectivity index (χ1n) is 12.1. The Morgan fingerprint density at radius 3 is 0.909 bits per heavy atom. The van der Waals surface area contributed by atoms with Crippen LogP contribution in [0.4, 0.5) is 11.4 Å². The number of benzene rings is 4. The van der Waals surface area contributed by atoms with Gasteiger partial charge in [-0.3, -0.25) is 9.44 Å². The van der Waals surface area contributed by atoms with E-state index in [1.807, 2.05) is 0 Å². The second-order valence-electron chi connectivity index (χ2n) is 9.08. The second kappa shape index (κ2) is 11.9. The van der Waals surface area contributed by atoms with E-state index in [2.05, 4.69) is 9.44 Å². The summed E-state index contributed by atoms with van der Waals surface area (Å²) < 4.78 is 55.9. The molecule has 0 heterocycles. The third-order valence-corrected chi connectivity index (χ3v) is 8.82. The molecule has 0 saturated heterocycles. The molecule has 44 heavy (non-hydrogen) atoms. The Morgan fingerprint density at radius 1 is 0.432 bits per heavy atom. The van der Waals surface area contributed by atoms with Crippen molar-refractivity contribution in [1.29, 1.82) is 0 Å². The number of carboxylic acids is 4. The Balaban J connectivity index is 1.54. The Kier molecular flexibility index (Phi) is 8.41. The Bertz CT molecular complexity index is 1830. The third kappa shape index (κ3) is 7.00. The van der Waals surface area contributed by atoms with E-state index < -0.39 is 66.2 Å². The van der Waals surface area contributed by atoms with E-state index in [1.54, 1.807) is 0 Å². The monoisotopic (exact) mass is 640 g/mol. The van der Waals surface area contributed by atoms with Crippen LogP contribution in [0.3, 0.4) is 0 Å². The molecule has 4 aromatic carbocycles. The van der Waals surface area contributed by atoms with E-state index in [1.165, 1.54) is 48.5 Å². The number of carboxylic acid groups (broad SMARTS) is 4. The minimum absolute atomic E-state index is 0.230. The lowest BCUT2D eigenvalue weighted by atomic mass is 10.1. The Morgan fingerprint density at radius 2 is 0.682 bits per heavy atom. The van der Waals surface area contributed by atoms with Crippen molar-refractivity contribution in [2.45, 2.75) is 9.79 Å². The summed E-state index contributed by atoms with van der Waals surface area (Å²) in [6.45, 7) is 0. The molecular formula is C28H20N2O12S2. The molecule has 4 rings (SSSR count). The first-order valence-corrected chi connectivity index (χ1v) is 15.0. The summed E-state index contributed by atoms with van der Waals surface area (Å²) in [6.07, 6.45) is 0. The van der Waals surface area contributed by atoms with Crippen LogP contribution in [0.2, 0.25) is 0 Å². The molecule has 4 aromatic rings. The number of carbonyl (C=O) groups is 4. The summed E-state index contributed by atoms with van der Waals surface area (Å²) in [5, 5.41) is 36.8. The number of hydrogen-bond donors (Lipinski definition) is 6. The van der Waals surface area contributed by atoms with E-state index in [-0.39, 0.29) is 21.2 Å². The van der Waals surface area contributed by atoms with Crippen LogP contribution in [0.5, 0.6) is 0 Å². The summed E-state index contributed by atoms with van der Waals surface area (Å²) in [6, 6.07) is 16.3. The fourth-order valence-electron chi connectivity index (χ4n) is 3.95. The highest BCUT2D eigenvalue weighted by molar-refractivity contribution is 7.93. The zero-order valence-corrected chi connectivity index (χ0v) is 23.6. The van der Waals surface area contributed by atoms with Gasteiger partial charge in [-0.15, -0.1) is 0 Å². The van der Waals surface area contributed by atoms with Crippen LogP contribution >= 0.6 is 0 Å². The number of rotatable bonds is 11. The molecule has 16 heteroatoms. The van der Waals surface area contributed by atoms with Gasteiger partial charge in [-0.25, -0.2) is 36.0 Å². The molecule has 0 fully saturated rings. The number of hydrogen-bond acceptors (Lipinski definition) is 8. The molecular weight excluding hydrogens is 620 g/mol.